The van der Waals surface area contributed by atoms with Gasteiger partial charge in [-0.3, -0.25) is 10.1 Å². The number of hydrogen-bond donors (Lipinski definition) is 2. The number of primary sulfonamides is 1. The van der Waals surface area contributed by atoms with Crippen LogP contribution >= 0.6 is 23.1 Å². The van der Waals surface area contributed by atoms with E-state index in [-0.39, 0.29) is 15.5 Å². The maximum atomic E-state index is 11.4. The van der Waals surface area contributed by atoms with Gasteiger partial charge in [-0.1, -0.05) is 17.4 Å². The lowest BCUT2D eigenvalue weighted by Gasteiger charge is -2.04. The summed E-state index contributed by atoms with van der Waals surface area (Å²) in [5, 5.41) is 27.9. The number of nitrogens with one attached hydrogen (secondary N) is 1. The Morgan fingerprint density at radius 2 is 2.04 bits per heavy atom. The number of anilines is 2. The van der Waals surface area contributed by atoms with Crippen LogP contribution in [0.1, 0.15) is 0 Å². The summed E-state index contributed by atoms with van der Waals surface area (Å²) in [5.41, 5.74) is 0.365. The Hall–Kier alpha value is -2.74. The molecule has 1 aromatic heterocycles. The third-order valence-corrected chi connectivity index (χ3v) is 6.25. The van der Waals surface area contributed by atoms with E-state index >= 15 is 0 Å². The summed E-state index contributed by atoms with van der Waals surface area (Å²) in [5.74, 6) is 0.676. The first-order valence-electron chi connectivity index (χ1n) is 7.50. The number of nitrogens with two attached hydrogens (primary N) is 1. The van der Waals surface area contributed by atoms with Crippen molar-refractivity contribution in [2.24, 2.45) is 5.14 Å². The van der Waals surface area contributed by atoms with Crippen LogP contribution < -0.4 is 15.2 Å². The van der Waals surface area contributed by atoms with Crippen LogP contribution in [-0.2, 0) is 10.0 Å². The molecule has 1 heterocycles. The second-order valence-corrected chi connectivity index (χ2v) is 9.09. The largest absolute Gasteiger partial charge is 0.497 e. The van der Waals surface area contributed by atoms with Gasteiger partial charge in [0.05, 0.1) is 21.8 Å². The molecule has 0 saturated heterocycles. The number of sulfonamides is 1. The van der Waals surface area contributed by atoms with Crippen LogP contribution in [0.3, 0.4) is 0 Å². The lowest BCUT2D eigenvalue weighted by atomic mass is 10.3. The molecule has 3 rings (SSSR count). The fourth-order valence-electron chi connectivity index (χ4n) is 2.12. The number of hydrogen-bond acceptors (Lipinski definition) is 10. The van der Waals surface area contributed by atoms with E-state index in [4.69, 9.17) is 9.88 Å². The zero-order chi connectivity index (χ0) is 20.3. The van der Waals surface area contributed by atoms with Gasteiger partial charge in [0.15, 0.2) is 4.34 Å². The third-order valence-electron chi connectivity index (χ3n) is 3.38. The predicted octanol–water partition coefficient (Wildman–Crippen LogP) is 3.00. The molecule has 0 aliphatic carbocycles. The molecule has 0 atom stereocenters. The van der Waals surface area contributed by atoms with Crippen molar-refractivity contribution in [3.63, 3.8) is 0 Å². The van der Waals surface area contributed by atoms with Crippen molar-refractivity contribution in [3.05, 3.63) is 52.6 Å². The van der Waals surface area contributed by atoms with E-state index in [9.17, 15) is 18.5 Å². The summed E-state index contributed by atoms with van der Waals surface area (Å²) in [6, 6.07) is 10.7. The Balaban J connectivity index is 1.82. The van der Waals surface area contributed by atoms with E-state index in [2.05, 4.69) is 15.5 Å². The zero-order valence-corrected chi connectivity index (χ0v) is 16.7. The summed E-state index contributed by atoms with van der Waals surface area (Å²) >= 11 is 2.19. The van der Waals surface area contributed by atoms with Crippen LogP contribution in [0.5, 0.6) is 5.75 Å². The first-order chi connectivity index (χ1) is 13.3. The zero-order valence-electron chi connectivity index (χ0n) is 14.2. The van der Waals surface area contributed by atoms with Crippen molar-refractivity contribution in [2.75, 3.05) is 12.4 Å². The molecular formula is C15H13N5O5S3. The van der Waals surface area contributed by atoms with Gasteiger partial charge >= 0.3 is 0 Å². The SMILES string of the molecule is COc1cccc(Nc2nnc(Sc3ccc(S(N)(=O)=O)cc3[N+](=O)[O-])s2)c1. The van der Waals surface area contributed by atoms with Gasteiger partial charge in [0.25, 0.3) is 5.69 Å². The van der Waals surface area contributed by atoms with Gasteiger partial charge in [0.1, 0.15) is 5.75 Å². The van der Waals surface area contributed by atoms with Crippen LogP contribution in [0.15, 0.2) is 56.6 Å². The topological polar surface area (TPSA) is 150 Å². The molecule has 3 N–H and O–H groups in total. The summed E-state index contributed by atoms with van der Waals surface area (Å²) in [7, 11) is -2.48. The van der Waals surface area contributed by atoms with E-state index in [0.717, 1.165) is 23.5 Å². The molecule has 28 heavy (non-hydrogen) atoms. The second kappa shape index (κ2) is 8.10. The van der Waals surface area contributed by atoms with Gasteiger partial charge in [0.2, 0.25) is 15.2 Å². The maximum absolute atomic E-state index is 11.4. The van der Waals surface area contributed by atoms with Crippen LogP contribution in [0.25, 0.3) is 0 Å². The molecule has 13 heteroatoms. The highest BCUT2D eigenvalue weighted by atomic mass is 32.2. The highest BCUT2D eigenvalue weighted by Gasteiger charge is 2.21. The molecule has 0 unspecified atom stereocenters. The number of nitrogens with zero attached hydrogens (tertiary/aromatic N) is 3. The Morgan fingerprint density at radius 1 is 1.25 bits per heavy atom. The van der Waals surface area contributed by atoms with Gasteiger partial charge in [-0.15, -0.1) is 10.2 Å². The fraction of sp³-hybridized carbons (Fsp3) is 0.0667. The molecule has 0 aliphatic heterocycles. The number of benzene rings is 2. The van der Waals surface area contributed by atoms with E-state index in [1.807, 2.05) is 12.1 Å². The van der Waals surface area contributed by atoms with Crippen LogP contribution in [0, 0.1) is 10.1 Å². The van der Waals surface area contributed by atoms with Crippen molar-refractivity contribution in [3.8, 4) is 5.75 Å². The van der Waals surface area contributed by atoms with Gasteiger partial charge < -0.3 is 10.1 Å². The number of rotatable bonds is 7. The molecule has 0 fully saturated rings. The van der Waals surface area contributed by atoms with Gasteiger partial charge in [-0.2, -0.15) is 0 Å². The quantitative estimate of drug-likeness (QED) is 0.418. The average Bonchev–Trinajstić information content (AvgIpc) is 3.08. The molecule has 0 radical (unpaired) electrons. The lowest BCUT2D eigenvalue weighted by molar-refractivity contribution is -0.388. The van der Waals surface area contributed by atoms with Crippen LogP contribution in [0.2, 0.25) is 0 Å². The van der Waals surface area contributed by atoms with Crippen molar-refractivity contribution >= 4 is 49.6 Å². The molecule has 0 bridgehead atoms. The Bertz CT molecular complexity index is 1130. The number of nitro groups is 1. The molecule has 0 amide bonds. The normalized spacial score (nSPS) is 11.2. The molecule has 0 spiro atoms. The van der Waals surface area contributed by atoms with E-state index < -0.39 is 14.9 Å². The number of ether oxygens (including phenoxy) is 1. The van der Waals surface area contributed by atoms with Crippen LogP contribution in [0.4, 0.5) is 16.5 Å². The molecule has 2 aromatic carbocycles. The Labute approximate surface area is 167 Å². The first kappa shape index (κ1) is 20.0. The van der Waals surface area contributed by atoms with Gasteiger partial charge in [0, 0.05) is 17.8 Å². The van der Waals surface area contributed by atoms with Crippen molar-refractivity contribution < 1.29 is 18.1 Å². The van der Waals surface area contributed by atoms with E-state index in [1.165, 1.54) is 23.5 Å². The highest BCUT2D eigenvalue weighted by molar-refractivity contribution is 8.01. The summed E-state index contributed by atoms with van der Waals surface area (Å²) in [6.45, 7) is 0. The number of methoxy groups -OCH3 is 1. The molecule has 0 saturated carbocycles. The average molecular weight is 440 g/mol. The van der Waals surface area contributed by atoms with E-state index in [0.29, 0.717) is 15.2 Å². The minimum absolute atomic E-state index is 0.224. The van der Waals surface area contributed by atoms with Gasteiger partial charge in [-0.05, 0) is 36.0 Å². The minimum Gasteiger partial charge on any atom is -0.497 e. The van der Waals surface area contributed by atoms with Gasteiger partial charge in [-0.25, -0.2) is 13.6 Å². The highest BCUT2D eigenvalue weighted by Crippen LogP contribution is 2.38. The van der Waals surface area contributed by atoms with Crippen molar-refractivity contribution in [1.82, 2.24) is 10.2 Å². The fourth-order valence-corrected chi connectivity index (χ4v) is 4.47. The number of aromatic nitrogens is 2. The molecule has 0 aliphatic rings. The third kappa shape index (κ3) is 4.75. The van der Waals surface area contributed by atoms with E-state index in [1.54, 1.807) is 19.2 Å². The standard InChI is InChI=1S/C15H13N5O5S3/c1-25-10-4-2-3-9(7-10)17-14-18-19-15(27-14)26-13-6-5-11(28(16,23)24)8-12(13)20(21)22/h2-8H,1H3,(H,17,18)(H2,16,23,24). The lowest BCUT2D eigenvalue weighted by Crippen LogP contribution is -2.12. The molecule has 10 nitrogen and oxygen atoms in total. The molecule has 3 aromatic rings. The number of nitro benzene ring substituents is 1. The summed E-state index contributed by atoms with van der Waals surface area (Å²) < 4.78 is 28.4. The maximum Gasteiger partial charge on any atom is 0.284 e. The minimum atomic E-state index is -4.04. The van der Waals surface area contributed by atoms with Crippen LogP contribution in [-0.4, -0.2) is 30.6 Å². The summed E-state index contributed by atoms with van der Waals surface area (Å²) in [6.07, 6.45) is 0. The second-order valence-electron chi connectivity index (χ2n) is 5.26. The Morgan fingerprint density at radius 3 is 2.71 bits per heavy atom. The smallest absolute Gasteiger partial charge is 0.284 e. The first-order valence-corrected chi connectivity index (χ1v) is 10.7. The van der Waals surface area contributed by atoms with Crippen molar-refractivity contribution in [2.45, 2.75) is 14.1 Å². The Kier molecular flexibility index (Phi) is 5.79. The molecular weight excluding hydrogens is 426 g/mol. The summed E-state index contributed by atoms with van der Waals surface area (Å²) in [4.78, 5) is 10.5. The molecule has 146 valence electrons. The van der Waals surface area contributed by atoms with Crippen molar-refractivity contribution in [1.29, 1.82) is 0 Å². The predicted molar refractivity (Wildman–Crippen MR) is 105 cm³/mol. The monoisotopic (exact) mass is 439 g/mol.